The molecule has 1 unspecified atom stereocenters. The summed E-state index contributed by atoms with van der Waals surface area (Å²) in [6, 6.07) is 0. The molecule has 1 heterocycles. The third-order valence-electron chi connectivity index (χ3n) is 4.81. The Morgan fingerprint density at radius 1 is 1.40 bits per heavy atom. The van der Waals surface area contributed by atoms with Crippen LogP contribution in [0, 0.1) is 5.41 Å². The number of piperidine rings is 1. The van der Waals surface area contributed by atoms with Crippen molar-refractivity contribution < 1.29 is 24.5 Å². The van der Waals surface area contributed by atoms with Gasteiger partial charge in [0.25, 0.3) is 5.91 Å². The Labute approximate surface area is 149 Å². The summed E-state index contributed by atoms with van der Waals surface area (Å²) >= 11 is 0. The topological polar surface area (TPSA) is 99.1 Å². The molecular formula is C18H30N2O5. The summed E-state index contributed by atoms with van der Waals surface area (Å²) in [7, 11) is 0. The highest BCUT2D eigenvalue weighted by Gasteiger charge is 2.59. The number of rotatable bonds is 4. The molecule has 1 aliphatic carbocycles. The van der Waals surface area contributed by atoms with Crippen LogP contribution in [0.4, 0.5) is 4.79 Å². The molecule has 1 aliphatic heterocycles. The van der Waals surface area contributed by atoms with E-state index in [-0.39, 0.29) is 18.1 Å². The molecule has 0 aromatic heterocycles. The quantitative estimate of drug-likeness (QED) is 0.659. The van der Waals surface area contributed by atoms with E-state index >= 15 is 0 Å². The number of aliphatic hydroxyl groups excluding tert-OH is 1. The Morgan fingerprint density at radius 3 is 2.60 bits per heavy atom. The van der Waals surface area contributed by atoms with Crippen molar-refractivity contribution in [3.63, 3.8) is 0 Å². The van der Waals surface area contributed by atoms with Gasteiger partial charge in [-0.25, -0.2) is 4.79 Å². The molecule has 0 aromatic rings. The largest absolute Gasteiger partial charge is 0.444 e. The molecule has 2 fully saturated rings. The zero-order valence-electron chi connectivity index (χ0n) is 15.4. The van der Waals surface area contributed by atoms with Gasteiger partial charge in [-0.05, 0) is 51.9 Å². The van der Waals surface area contributed by atoms with Gasteiger partial charge < -0.3 is 25.2 Å². The van der Waals surface area contributed by atoms with E-state index in [1.54, 1.807) is 4.90 Å². The van der Waals surface area contributed by atoms with Crippen molar-refractivity contribution in [3.05, 3.63) is 12.7 Å². The van der Waals surface area contributed by atoms with Crippen molar-refractivity contribution in [1.82, 2.24) is 10.2 Å². The molecule has 0 aromatic carbocycles. The zero-order chi connectivity index (χ0) is 18.9. The Balaban J connectivity index is 1.91. The first kappa shape index (κ1) is 19.7. The van der Waals surface area contributed by atoms with Gasteiger partial charge >= 0.3 is 6.09 Å². The second-order valence-corrected chi connectivity index (χ2v) is 8.40. The van der Waals surface area contributed by atoms with E-state index < -0.39 is 23.2 Å². The highest BCUT2D eigenvalue weighted by Crippen LogP contribution is 2.53. The van der Waals surface area contributed by atoms with Crippen LogP contribution in [0.5, 0.6) is 0 Å². The van der Waals surface area contributed by atoms with Crippen molar-refractivity contribution in [2.24, 2.45) is 5.41 Å². The molecule has 0 radical (unpaired) electrons. The maximum Gasteiger partial charge on any atom is 0.410 e. The molecule has 1 spiro atoms. The Morgan fingerprint density at radius 2 is 2.04 bits per heavy atom. The van der Waals surface area contributed by atoms with Gasteiger partial charge in [0.15, 0.2) is 0 Å². The maximum atomic E-state index is 12.3. The SMILES string of the molecule is C=CC(O)CNC(=O)C1(O)CC2(CCCN(C(=O)OC(C)(C)C)C2)C1. The zero-order valence-corrected chi connectivity index (χ0v) is 15.4. The number of carbonyl (C=O) groups is 2. The molecule has 1 saturated heterocycles. The van der Waals surface area contributed by atoms with Crippen LogP contribution in [0.2, 0.25) is 0 Å². The number of aliphatic hydroxyl groups is 2. The Kier molecular flexibility index (Phi) is 5.49. The van der Waals surface area contributed by atoms with Crippen molar-refractivity contribution >= 4 is 12.0 Å². The first-order chi connectivity index (χ1) is 11.5. The monoisotopic (exact) mass is 354 g/mol. The molecule has 7 nitrogen and oxygen atoms in total. The summed E-state index contributed by atoms with van der Waals surface area (Å²) in [4.78, 5) is 26.1. The highest BCUT2D eigenvalue weighted by atomic mass is 16.6. The lowest BCUT2D eigenvalue weighted by molar-refractivity contribution is -0.176. The van der Waals surface area contributed by atoms with Gasteiger partial charge in [0.2, 0.25) is 0 Å². The molecule has 1 saturated carbocycles. The predicted molar refractivity (Wildman–Crippen MR) is 92.9 cm³/mol. The number of nitrogens with zero attached hydrogens (tertiary/aromatic N) is 1. The Hall–Kier alpha value is -1.60. The normalized spacial score (nSPS) is 30.4. The van der Waals surface area contributed by atoms with Gasteiger partial charge in [0.05, 0.1) is 6.10 Å². The lowest BCUT2D eigenvalue weighted by Crippen LogP contribution is -2.65. The number of likely N-dealkylation sites (tertiary alicyclic amines) is 1. The summed E-state index contributed by atoms with van der Waals surface area (Å²) in [5, 5.41) is 22.5. The first-order valence-electron chi connectivity index (χ1n) is 8.78. The van der Waals surface area contributed by atoms with Gasteiger partial charge in [-0.2, -0.15) is 0 Å². The summed E-state index contributed by atoms with van der Waals surface area (Å²) < 4.78 is 5.42. The fourth-order valence-corrected chi connectivity index (χ4v) is 3.77. The van der Waals surface area contributed by atoms with E-state index in [0.29, 0.717) is 25.9 Å². The standard InChI is InChI=1S/C18H30N2O5/c1-5-13(21)9-19-14(22)18(24)10-17(11-18)7-6-8-20(12-17)15(23)25-16(2,3)4/h5,13,21,24H,1,6-12H2,2-4H3,(H,19,22). The molecule has 2 aliphatic rings. The van der Waals surface area contributed by atoms with Gasteiger partial charge in [0.1, 0.15) is 11.2 Å². The van der Waals surface area contributed by atoms with E-state index in [9.17, 15) is 19.8 Å². The molecule has 7 heteroatoms. The maximum absolute atomic E-state index is 12.3. The fourth-order valence-electron chi connectivity index (χ4n) is 3.77. The smallest absolute Gasteiger partial charge is 0.410 e. The van der Waals surface area contributed by atoms with Crippen LogP contribution in [0.1, 0.15) is 46.5 Å². The molecular weight excluding hydrogens is 324 g/mol. The molecule has 25 heavy (non-hydrogen) atoms. The van der Waals surface area contributed by atoms with Gasteiger partial charge in [0, 0.05) is 19.6 Å². The van der Waals surface area contributed by atoms with Crippen LogP contribution >= 0.6 is 0 Å². The number of hydrogen-bond donors (Lipinski definition) is 3. The highest BCUT2D eigenvalue weighted by molar-refractivity contribution is 5.86. The number of amides is 2. The lowest BCUT2D eigenvalue weighted by atomic mass is 9.55. The van der Waals surface area contributed by atoms with Crippen LogP contribution in [-0.2, 0) is 9.53 Å². The molecule has 1 atom stereocenters. The summed E-state index contributed by atoms with van der Waals surface area (Å²) in [6.45, 7) is 10.1. The second kappa shape index (κ2) is 6.96. The van der Waals surface area contributed by atoms with E-state index in [1.165, 1.54) is 6.08 Å². The molecule has 2 rings (SSSR count). The average Bonchev–Trinajstić information content (AvgIpc) is 2.49. The number of carbonyl (C=O) groups excluding carboxylic acids is 2. The van der Waals surface area contributed by atoms with Crippen molar-refractivity contribution in [2.75, 3.05) is 19.6 Å². The van der Waals surface area contributed by atoms with Crippen molar-refractivity contribution in [1.29, 1.82) is 0 Å². The van der Waals surface area contributed by atoms with Crippen LogP contribution < -0.4 is 5.32 Å². The fraction of sp³-hybridized carbons (Fsp3) is 0.778. The van der Waals surface area contributed by atoms with Crippen molar-refractivity contribution in [3.8, 4) is 0 Å². The van der Waals surface area contributed by atoms with Gasteiger partial charge in [-0.3, -0.25) is 4.79 Å². The van der Waals surface area contributed by atoms with E-state index in [2.05, 4.69) is 11.9 Å². The van der Waals surface area contributed by atoms with Gasteiger partial charge in [-0.1, -0.05) is 6.08 Å². The average molecular weight is 354 g/mol. The number of ether oxygens (including phenoxy) is 1. The predicted octanol–water partition coefficient (Wildman–Crippen LogP) is 1.19. The minimum Gasteiger partial charge on any atom is -0.444 e. The van der Waals surface area contributed by atoms with Crippen LogP contribution in [0.3, 0.4) is 0 Å². The van der Waals surface area contributed by atoms with E-state index in [1.807, 2.05) is 20.8 Å². The molecule has 142 valence electrons. The van der Waals surface area contributed by atoms with Crippen LogP contribution in [0.15, 0.2) is 12.7 Å². The number of hydrogen-bond acceptors (Lipinski definition) is 5. The molecule has 2 amide bonds. The lowest BCUT2D eigenvalue weighted by Gasteiger charge is -2.56. The van der Waals surface area contributed by atoms with Gasteiger partial charge in [-0.15, -0.1) is 6.58 Å². The molecule has 3 N–H and O–H groups in total. The molecule has 0 bridgehead atoms. The van der Waals surface area contributed by atoms with E-state index in [0.717, 1.165) is 12.8 Å². The third kappa shape index (κ3) is 4.73. The van der Waals surface area contributed by atoms with Crippen LogP contribution in [-0.4, -0.2) is 64.1 Å². The summed E-state index contributed by atoms with van der Waals surface area (Å²) in [5.74, 6) is -0.478. The summed E-state index contributed by atoms with van der Waals surface area (Å²) in [6.07, 6.45) is 2.47. The van der Waals surface area contributed by atoms with Crippen LogP contribution in [0.25, 0.3) is 0 Å². The van der Waals surface area contributed by atoms with Crippen molar-refractivity contribution in [2.45, 2.75) is 63.8 Å². The minimum absolute atomic E-state index is 0.0294. The number of nitrogens with one attached hydrogen (secondary N) is 1. The first-order valence-corrected chi connectivity index (χ1v) is 8.78. The summed E-state index contributed by atoms with van der Waals surface area (Å²) in [5.41, 5.74) is -2.22. The Bertz CT molecular complexity index is 534. The second-order valence-electron chi connectivity index (χ2n) is 8.40. The third-order valence-corrected chi connectivity index (χ3v) is 4.81. The van der Waals surface area contributed by atoms with E-state index in [4.69, 9.17) is 4.74 Å². The minimum atomic E-state index is -1.43.